The molecule has 4 N–H and O–H groups in total. The second kappa shape index (κ2) is 15.9. The predicted octanol–water partition coefficient (Wildman–Crippen LogP) is 12.1. The first-order valence-electron chi connectivity index (χ1n) is 18.2. The van der Waals surface area contributed by atoms with Gasteiger partial charge in [0, 0.05) is 29.1 Å². The Morgan fingerprint density at radius 1 is 0.522 bits per heavy atom. The summed E-state index contributed by atoms with van der Waals surface area (Å²) in [5.41, 5.74) is 24.9. The van der Waals surface area contributed by atoms with Crippen LogP contribution in [0.5, 0.6) is 0 Å². The van der Waals surface area contributed by atoms with Crippen molar-refractivity contribution >= 4 is 11.4 Å². The minimum atomic E-state index is 0.380. The van der Waals surface area contributed by atoms with E-state index in [0.717, 1.165) is 36.1 Å². The van der Waals surface area contributed by atoms with Crippen molar-refractivity contribution < 1.29 is 0 Å². The Morgan fingerprint density at radius 2 is 0.935 bits per heavy atom. The molecule has 0 aliphatic heterocycles. The molecule has 3 atom stereocenters. The van der Waals surface area contributed by atoms with Crippen molar-refractivity contribution in [3.63, 3.8) is 0 Å². The highest BCUT2D eigenvalue weighted by Crippen LogP contribution is 2.40. The third kappa shape index (κ3) is 7.88. The lowest BCUT2D eigenvalue weighted by Crippen LogP contribution is -2.18. The molecule has 46 heavy (non-hydrogen) atoms. The summed E-state index contributed by atoms with van der Waals surface area (Å²) in [5.74, 6) is 2.90. The van der Waals surface area contributed by atoms with Gasteiger partial charge in [0.15, 0.2) is 0 Å². The van der Waals surface area contributed by atoms with E-state index < -0.39 is 0 Å². The van der Waals surface area contributed by atoms with Crippen LogP contribution in [0.15, 0.2) is 84.9 Å². The Bertz CT molecular complexity index is 1420. The lowest BCUT2D eigenvalue weighted by molar-refractivity contribution is 0.225. The molecule has 2 heteroatoms. The van der Waals surface area contributed by atoms with Gasteiger partial charge >= 0.3 is 0 Å². The number of nitrogens with two attached hydrogens (primary N) is 2. The first-order valence-corrected chi connectivity index (χ1v) is 18.2. The molecule has 0 spiro atoms. The van der Waals surface area contributed by atoms with Crippen molar-refractivity contribution in [2.24, 2.45) is 11.8 Å². The van der Waals surface area contributed by atoms with Gasteiger partial charge in [-0.25, -0.2) is 0 Å². The fraction of sp³-hybridized carbons (Fsp3) is 0.455. The highest BCUT2D eigenvalue weighted by atomic mass is 14.5. The van der Waals surface area contributed by atoms with Gasteiger partial charge in [-0.3, -0.25) is 0 Å². The zero-order valence-corrected chi connectivity index (χ0v) is 29.2. The molecule has 244 valence electrons. The zero-order valence-electron chi connectivity index (χ0n) is 29.2. The van der Waals surface area contributed by atoms with Gasteiger partial charge in [0.2, 0.25) is 0 Å². The molecule has 0 bridgehead atoms. The Kier molecular flexibility index (Phi) is 11.7. The maximum absolute atomic E-state index is 6.09. The van der Waals surface area contributed by atoms with Crippen LogP contribution in [0, 0.1) is 25.7 Å². The van der Waals surface area contributed by atoms with E-state index in [1.54, 1.807) is 0 Å². The van der Waals surface area contributed by atoms with E-state index in [1.165, 1.54) is 95.9 Å². The lowest BCUT2D eigenvalue weighted by Gasteiger charge is -2.31. The van der Waals surface area contributed by atoms with Crippen LogP contribution in [0.2, 0.25) is 0 Å². The molecule has 1 aliphatic carbocycles. The molecular weight excluding hydrogens is 556 g/mol. The maximum Gasteiger partial charge on any atom is 0.0316 e. The molecule has 0 saturated heterocycles. The van der Waals surface area contributed by atoms with Crippen molar-refractivity contribution in [1.82, 2.24) is 0 Å². The molecule has 5 rings (SSSR count). The normalized spacial score (nSPS) is 16.5. The van der Waals surface area contributed by atoms with Gasteiger partial charge in [-0.15, -0.1) is 0 Å². The minimum Gasteiger partial charge on any atom is -0.399 e. The molecule has 1 fully saturated rings. The number of nitrogen functional groups attached to an aromatic ring is 2. The van der Waals surface area contributed by atoms with Crippen LogP contribution < -0.4 is 11.5 Å². The van der Waals surface area contributed by atoms with E-state index in [-0.39, 0.29) is 0 Å². The third-order valence-corrected chi connectivity index (χ3v) is 11.3. The average molecular weight is 615 g/mol. The summed E-state index contributed by atoms with van der Waals surface area (Å²) in [5, 5.41) is 0. The Morgan fingerprint density at radius 3 is 1.30 bits per heavy atom. The van der Waals surface area contributed by atoms with Gasteiger partial charge in [0.25, 0.3) is 0 Å². The van der Waals surface area contributed by atoms with Crippen LogP contribution in [-0.4, -0.2) is 0 Å². The van der Waals surface area contributed by atoms with Crippen LogP contribution in [0.1, 0.15) is 147 Å². The number of rotatable bonds is 13. The highest BCUT2D eigenvalue weighted by Gasteiger charge is 2.25. The van der Waals surface area contributed by atoms with Gasteiger partial charge in [-0.2, -0.15) is 0 Å². The minimum absolute atomic E-state index is 0.380. The molecule has 0 radical (unpaired) electrons. The van der Waals surface area contributed by atoms with Gasteiger partial charge in [0.1, 0.15) is 0 Å². The fourth-order valence-electron chi connectivity index (χ4n) is 8.66. The Labute approximate surface area is 280 Å². The molecule has 4 aromatic rings. The number of benzene rings is 4. The standard InChI is InChI=1S/C44H58N2/c1-6-32(33-12-10-9-11-13-33)22-25-44(36-18-14-34(15-19-36)40(7-2)42-26-23-38(45)28-30(42)4)37-20-16-35(17-21-37)41(8-3)43-27-24-39(46)29-31(43)5/h14-21,23-24,26-29,32-33,40-41,44H,6-13,22,25,45-46H2,1-5H3. The first kappa shape index (κ1) is 33.8. The summed E-state index contributed by atoms with van der Waals surface area (Å²) in [7, 11) is 0. The zero-order chi connectivity index (χ0) is 32.6. The van der Waals surface area contributed by atoms with E-state index in [2.05, 4.69) is 107 Å². The highest BCUT2D eigenvalue weighted by molar-refractivity contribution is 5.49. The summed E-state index contributed by atoms with van der Waals surface area (Å²) in [6, 6.07) is 32.1. The van der Waals surface area contributed by atoms with Crippen molar-refractivity contribution in [3.05, 3.63) is 129 Å². The SMILES string of the molecule is CCC(c1ccc(C(CCC(CC)C2CCCCC2)c2ccc(C(CC)c3ccc(N)cc3C)cc2)cc1)c1ccc(N)cc1C. The molecule has 1 saturated carbocycles. The molecule has 4 aromatic carbocycles. The van der Waals surface area contributed by atoms with Crippen LogP contribution in [0.3, 0.4) is 0 Å². The van der Waals surface area contributed by atoms with Gasteiger partial charge < -0.3 is 11.5 Å². The van der Waals surface area contributed by atoms with Crippen molar-refractivity contribution in [2.45, 2.75) is 117 Å². The molecule has 1 aliphatic rings. The number of anilines is 2. The van der Waals surface area contributed by atoms with Gasteiger partial charge in [-0.05, 0) is 120 Å². The van der Waals surface area contributed by atoms with E-state index in [9.17, 15) is 0 Å². The monoisotopic (exact) mass is 614 g/mol. The van der Waals surface area contributed by atoms with Gasteiger partial charge in [0.05, 0.1) is 0 Å². The largest absolute Gasteiger partial charge is 0.399 e. The van der Waals surface area contributed by atoms with Gasteiger partial charge in [-0.1, -0.05) is 120 Å². The first-order chi connectivity index (χ1) is 22.3. The molecular formula is C44H58N2. The number of hydrogen-bond donors (Lipinski definition) is 2. The molecule has 0 heterocycles. The van der Waals surface area contributed by atoms with Crippen molar-refractivity contribution in [2.75, 3.05) is 11.5 Å². The van der Waals surface area contributed by atoms with E-state index in [0.29, 0.717) is 17.8 Å². The third-order valence-electron chi connectivity index (χ3n) is 11.3. The molecule has 0 aromatic heterocycles. The van der Waals surface area contributed by atoms with Crippen LogP contribution >= 0.6 is 0 Å². The number of hydrogen-bond acceptors (Lipinski definition) is 2. The van der Waals surface area contributed by atoms with Crippen molar-refractivity contribution in [1.29, 1.82) is 0 Å². The maximum atomic E-state index is 6.09. The predicted molar refractivity (Wildman–Crippen MR) is 200 cm³/mol. The van der Waals surface area contributed by atoms with E-state index >= 15 is 0 Å². The lowest BCUT2D eigenvalue weighted by atomic mass is 9.74. The molecule has 2 nitrogen and oxygen atoms in total. The summed E-state index contributed by atoms with van der Waals surface area (Å²) in [4.78, 5) is 0. The second-order valence-electron chi connectivity index (χ2n) is 14.2. The topological polar surface area (TPSA) is 52.0 Å². The Balaban J connectivity index is 1.44. The second-order valence-corrected chi connectivity index (χ2v) is 14.2. The quantitative estimate of drug-likeness (QED) is 0.147. The molecule has 0 amide bonds. The van der Waals surface area contributed by atoms with E-state index in [4.69, 9.17) is 11.5 Å². The van der Waals surface area contributed by atoms with Crippen LogP contribution in [-0.2, 0) is 0 Å². The van der Waals surface area contributed by atoms with Crippen LogP contribution in [0.4, 0.5) is 11.4 Å². The summed E-state index contributed by atoms with van der Waals surface area (Å²) >= 11 is 0. The number of aryl methyl sites for hydroxylation is 2. The average Bonchev–Trinajstić information content (AvgIpc) is 3.07. The van der Waals surface area contributed by atoms with Crippen LogP contribution in [0.25, 0.3) is 0 Å². The summed E-state index contributed by atoms with van der Waals surface area (Å²) in [6.07, 6.45) is 13.1. The summed E-state index contributed by atoms with van der Waals surface area (Å²) < 4.78 is 0. The fourth-order valence-corrected chi connectivity index (χ4v) is 8.66. The Hall–Kier alpha value is -3.52. The van der Waals surface area contributed by atoms with Crippen molar-refractivity contribution in [3.8, 4) is 0 Å². The van der Waals surface area contributed by atoms with E-state index in [1.807, 2.05) is 12.1 Å². The molecule has 3 unspecified atom stereocenters. The summed E-state index contributed by atoms with van der Waals surface area (Å²) in [6.45, 7) is 11.4. The smallest absolute Gasteiger partial charge is 0.0316 e.